The van der Waals surface area contributed by atoms with Crippen LogP contribution in [-0.4, -0.2) is 42.9 Å². The van der Waals surface area contributed by atoms with E-state index in [9.17, 15) is 5.11 Å². The van der Waals surface area contributed by atoms with Gasteiger partial charge in [-0.2, -0.15) is 0 Å². The molecule has 0 radical (unpaired) electrons. The summed E-state index contributed by atoms with van der Waals surface area (Å²) in [5.41, 5.74) is 2.13. The maximum atomic E-state index is 11.5. The maximum Gasteiger partial charge on any atom is 0.212 e. The summed E-state index contributed by atoms with van der Waals surface area (Å²) in [4.78, 5) is 0. The summed E-state index contributed by atoms with van der Waals surface area (Å²) in [6, 6.07) is 8.42. The van der Waals surface area contributed by atoms with Gasteiger partial charge in [0.2, 0.25) is 5.52 Å². The summed E-state index contributed by atoms with van der Waals surface area (Å²) in [6.45, 7) is 6.29. The van der Waals surface area contributed by atoms with E-state index >= 15 is 0 Å². The first kappa shape index (κ1) is 19.8. The molecule has 5 rings (SSSR count). The Hall–Kier alpha value is -1.91. The van der Waals surface area contributed by atoms with Gasteiger partial charge in [-0.1, -0.05) is 13.5 Å². The number of aliphatic hydroxyl groups is 1. The fourth-order valence-corrected chi connectivity index (χ4v) is 5.30. The molecule has 2 bridgehead atoms. The van der Waals surface area contributed by atoms with Crippen molar-refractivity contribution < 1.29 is 18.9 Å². The Labute approximate surface area is 163 Å². The Morgan fingerprint density at radius 2 is 2.15 bits per heavy atom. The Morgan fingerprint density at radius 1 is 1.37 bits per heavy atom. The molecule has 0 amide bonds. The zero-order valence-electron chi connectivity index (χ0n) is 16.1. The molecule has 3 aliphatic heterocycles. The van der Waals surface area contributed by atoms with Gasteiger partial charge in [-0.05, 0) is 18.1 Å². The second kappa shape index (κ2) is 7.25. The molecule has 5 atom stereocenters. The van der Waals surface area contributed by atoms with Crippen molar-refractivity contribution in [1.82, 2.24) is 0 Å². The van der Waals surface area contributed by atoms with E-state index < -0.39 is 6.10 Å². The number of methoxy groups -OCH3 is 1. The number of hydrogen-bond acceptors (Lipinski definition) is 2. The zero-order valence-corrected chi connectivity index (χ0v) is 16.1. The van der Waals surface area contributed by atoms with Gasteiger partial charge in [-0.15, -0.1) is 6.58 Å². The second-order valence-corrected chi connectivity index (χ2v) is 8.35. The van der Waals surface area contributed by atoms with Gasteiger partial charge >= 0.3 is 0 Å². The van der Waals surface area contributed by atoms with Crippen LogP contribution in [0.2, 0.25) is 0 Å². The number of aryl methyl sites for hydroxylation is 1. The summed E-state index contributed by atoms with van der Waals surface area (Å²) in [7, 11) is 6.04. The lowest BCUT2D eigenvalue weighted by Crippen LogP contribution is -2.66. The number of ether oxygens (including phenoxy) is 1. The van der Waals surface area contributed by atoms with Crippen LogP contribution in [0.25, 0.3) is 10.9 Å². The van der Waals surface area contributed by atoms with E-state index in [1.807, 2.05) is 13.1 Å². The monoisotopic (exact) mass is 370 g/mol. The van der Waals surface area contributed by atoms with Crippen molar-refractivity contribution in [3.05, 3.63) is 48.7 Å². The number of aliphatic hydroxyl groups excluding tert-OH is 1. The first-order valence-electron chi connectivity index (χ1n) is 9.58. The van der Waals surface area contributed by atoms with E-state index in [4.69, 9.17) is 4.74 Å². The van der Waals surface area contributed by atoms with E-state index in [0.717, 1.165) is 46.2 Å². The van der Waals surface area contributed by atoms with Gasteiger partial charge in [0, 0.05) is 36.5 Å². The fraction of sp³-hybridized carbons (Fsp3) is 0.522. The summed E-state index contributed by atoms with van der Waals surface area (Å²) in [6.07, 6.45) is 6.03. The number of aromatic nitrogens is 1. The van der Waals surface area contributed by atoms with Crippen molar-refractivity contribution in [2.75, 3.05) is 27.2 Å². The first-order valence-corrected chi connectivity index (χ1v) is 9.58. The van der Waals surface area contributed by atoms with E-state index in [0.29, 0.717) is 11.8 Å². The second-order valence-electron chi connectivity index (χ2n) is 8.35. The van der Waals surface area contributed by atoms with E-state index in [-0.39, 0.29) is 13.5 Å². The quantitative estimate of drug-likeness (QED) is 0.508. The normalized spacial score (nSPS) is 30.6. The lowest BCUT2D eigenvalue weighted by atomic mass is 9.72. The highest BCUT2D eigenvalue weighted by molar-refractivity contribution is 5.81. The van der Waals surface area contributed by atoms with Gasteiger partial charge in [-0.25, -0.2) is 4.57 Å². The highest BCUT2D eigenvalue weighted by Crippen LogP contribution is 2.45. The Bertz CT molecular complexity index is 850. The van der Waals surface area contributed by atoms with Gasteiger partial charge in [0.1, 0.15) is 24.9 Å². The van der Waals surface area contributed by atoms with Gasteiger partial charge in [-0.3, -0.25) is 0 Å². The summed E-state index contributed by atoms with van der Waals surface area (Å²) >= 11 is 0. The van der Waals surface area contributed by atoms with Crippen LogP contribution in [0, 0.1) is 11.8 Å². The van der Waals surface area contributed by atoms with Gasteiger partial charge in [0.25, 0.3) is 0 Å². The number of likely N-dealkylation sites (N-methyl/N-ethyl adjacent to an activating group) is 1. The number of fused-ring (bicyclic) bond motifs is 4. The van der Waals surface area contributed by atoms with E-state index in [2.05, 4.69) is 48.7 Å². The lowest BCUT2D eigenvalue weighted by Gasteiger charge is -2.56. The van der Waals surface area contributed by atoms with Crippen LogP contribution in [0.3, 0.4) is 0 Å². The molecule has 3 saturated heterocycles. The number of piperidine rings is 3. The largest absolute Gasteiger partial charge is 0.497 e. The maximum absolute atomic E-state index is 11.5. The van der Waals surface area contributed by atoms with Gasteiger partial charge < -0.3 is 14.3 Å². The molecule has 146 valence electrons. The topological polar surface area (TPSA) is 33.3 Å². The highest BCUT2D eigenvalue weighted by atomic mass is 16.5. The van der Waals surface area contributed by atoms with E-state index in [1.165, 1.54) is 6.42 Å². The molecule has 0 saturated carbocycles. The average Bonchev–Trinajstić information content (AvgIpc) is 2.67. The smallest absolute Gasteiger partial charge is 0.212 e. The van der Waals surface area contributed by atoms with Crippen molar-refractivity contribution in [3.8, 4) is 5.75 Å². The highest BCUT2D eigenvalue weighted by Gasteiger charge is 2.51. The Morgan fingerprint density at radius 3 is 2.81 bits per heavy atom. The first-order chi connectivity index (χ1) is 12.5. The number of benzene rings is 1. The van der Waals surface area contributed by atoms with E-state index in [1.54, 1.807) is 7.11 Å². The van der Waals surface area contributed by atoms with Crippen LogP contribution in [0.4, 0.5) is 0 Å². The molecule has 3 aliphatic rings. The molecular formula is C23H34N2O2+2. The molecule has 4 heteroatoms. The van der Waals surface area contributed by atoms with Gasteiger partial charge in [0.05, 0.1) is 32.6 Å². The van der Waals surface area contributed by atoms with Crippen molar-refractivity contribution in [3.63, 3.8) is 0 Å². The van der Waals surface area contributed by atoms with Crippen molar-refractivity contribution in [2.45, 2.75) is 32.4 Å². The van der Waals surface area contributed by atoms with Crippen molar-refractivity contribution >= 4 is 10.9 Å². The molecule has 3 fully saturated rings. The number of pyridine rings is 1. The molecule has 2 aromatic rings. The zero-order chi connectivity index (χ0) is 18.5. The van der Waals surface area contributed by atoms with Crippen LogP contribution < -0.4 is 9.30 Å². The number of rotatable bonds is 4. The molecule has 27 heavy (non-hydrogen) atoms. The molecule has 1 N–H and O–H groups in total. The summed E-state index contributed by atoms with van der Waals surface area (Å²) < 4.78 is 8.48. The average molecular weight is 371 g/mol. The minimum absolute atomic E-state index is 0. The third-order valence-corrected chi connectivity index (χ3v) is 6.95. The third-order valence-electron chi connectivity index (χ3n) is 6.95. The van der Waals surface area contributed by atoms with Crippen LogP contribution in [0.1, 0.15) is 31.9 Å². The molecular weight excluding hydrogens is 336 g/mol. The van der Waals surface area contributed by atoms with Crippen molar-refractivity contribution in [2.24, 2.45) is 18.9 Å². The van der Waals surface area contributed by atoms with Crippen LogP contribution in [-0.2, 0) is 7.05 Å². The molecule has 4 heterocycles. The molecule has 0 aliphatic carbocycles. The molecule has 1 aromatic carbocycles. The molecule has 3 unspecified atom stereocenters. The SMILES string of the molecule is C.C=CC1C[N+]2(C)CCC1C[C@H]2[C@@H](O)c1cc[n+](C)c2ccc(OC)cc12. The van der Waals surface area contributed by atoms with Crippen LogP contribution >= 0.6 is 0 Å². The van der Waals surface area contributed by atoms with Crippen LogP contribution in [0.15, 0.2) is 43.1 Å². The molecule has 0 spiro atoms. The number of hydrogen-bond donors (Lipinski definition) is 1. The lowest BCUT2D eigenvalue weighted by molar-refractivity contribution is -0.956. The minimum Gasteiger partial charge on any atom is -0.497 e. The predicted molar refractivity (Wildman–Crippen MR) is 109 cm³/mol. The Kier molecular flexibility index (Phi) is 5.33. The fourth-order valence-electron chi connectivity index (χ4n) is 5.30. The Balaban J connectivity index is 0.00000210. The number of quaternary nitrogens is 1. The summed E-state index contributed by atoms with van der Waals surface area (Å²) in [5.74, 6) is 2.07. The minimum atomic E-state index is -0.468. The molecule has 4 nitrogen and oxygen atoms in total. The van der Waals surface area contributed by atoms with Crippen LogP contribution in [0.5, 0.6) is 5.75 Å². The third kappa shape index (κ3) is 3.15. The molecule has 1 aromatic heterocycles. The summed E-state index contributed by atoms with van der Waals surface area (Å²) in [5, 5.41) is 12.5. The van der Waals surface area contributed by atoms with Crippen molar-refractivity contribution in [1.29, 1.82) is 0 Å². The standard InChI is InChI=1S/C22H30N2O2.CH4/c1-5-15-14-24(3)11-9-16(15)12-21(24)22(25)18-8-10-23(2)20-7-6-17(26-4)13-19(18)20;/h5-8,10,13,15-16,21-22,25H,1,9,11-12,14H2,2-4H3;1H4/q+2;/t15?,16?,21-,22-,24?;/m0./s1. The number of nitrogens with zero attached hydrogens (tertiary/aromatic N) is 2. The van der Waals surface area contributed by atoms with Gasteiger partial charge in [0.15, 0.2) is 6.20 Å². The predicted octanol–water partition coefficient (Wildman–Crippen LogP) is 3.38.